The molecule has 0 spiro atoms. The lowest BCUT2D eigenvalue weighted by molar-refractivity contribution is 0.108. The van der Waals surface area contributed by atoms with Gasteiger partial charge in [-0.15, -0.1) is 0 Å². The monoisotopic (exact) mass is 219 g/mol. The van der Waals surface area contributed by atoms with Crippen LogP contribution < -0.4 is 4.72 Å². The number of rotatable bonds is 3. The van der Waals surface area contributed by atoms with E-state index in [1.54, 1.807) is 12.1 Å². The van der Waals surface area contributed by atoms with Gasteiger partial charge >= 0.3 is 0 Å². The summed E-state index contributed by atoms with van der Waals surface area (Å²) in [5.74, 6) is 0. The Labute approximate surface area is 82.3 Å². The highest BCUT2D eigenvalue weighted by Crippen LogP contribution is 2.12. The largest absolute Gasteiger partial charge is 0.289 e. The van der Waals surface area contributed by atoms with Gasteiger partial charge < -0.3 is 0 Å². The lowest BCUT2D eigenvalue weighted by Crippen LogP contribution is -2.02. The van der Waals surface area contributed by atoms with Crippen molar-refractivity contribution >= 4 is 33.8 Å². The molecule has 0 amide bonds. The van der Waals surface area contributed by atoms with Gasteiger partial charge in [-0.2, -0.15) is 0 Å². The Morgan fingerprint density at radius 2 is 2.23 bits per heavy atom. The average Bonchev–Trinajstić information content (AvgIpc) is 2.03. The summed E-state index contributed by atoms with van der Waals surface area (Å²) in [5.41, 5.74) is 0.643. The van der Waals surface area contributed by atoms with E-state index in [4.69, 9.17) is 16.2 Å². The van der Waals surface area contributed by atoms with Crippen molar-refractivity contribution in [3.63, 3.8) is 0 Å². The molecule has 4 nitrogen and oxygen atoms in total. The smallest absolute Gasteiger partial charge is 0.259 e. The molecule has 70 valence electrons. The third kappa shape index (κ3) is 3.14. The molecule has 1 unspecified atom stereocenters. The Balaban J connectivity index is 2.91. The van der Waals surface area contributed by atoms with Gasteiger partial charge in [0.15, 0.2) is 0 Å². The molecule has 0 heterocycles. The summed E-state index contributed by atoms with van der Waals surface area (Å²) >= 11 is 3.06. The van der Waals surface area contributed by atoms with Crippen molar-refractivity contribution in [2.75, 3.05) is 4.72 Å². The van der Waals surface area contributed by atoms with Crippen molar-refractivity contribution in [3.8, 4) is 0 Å². The van der Waals surface area contributed by atoms with E-state index < -0.39 is 16.5 Å². The summed E-state index contributed by atoms with van der Waals surface area (Å²) in [5, 5.41) is -0.604. The van der Waals surface area contributed by atoms with Crippen LogP contribution in [0.15, 0.2) is 24.3 Å². The predicted molar refractivity (Wildman–Crippen MR) is 51.0 cm³/mol. The Kier molecular flexibility index (Phi) is 3.41. The first kappa shape index (κ1) is 10.2. The average molecular weight is 220 g/mol. The van der Waals surface area contributed by atoms with Crippen molar-refractivity contribution in [1.82, 2.24) is 0 Å². The molecule has 2 N–H and O–H groups in total. The summed E-state index contributed by atoms with van der Waals surface area (Å²) in [6, 6.07) is 6.02. The first-order valence-corrected chi connectivity index (χ1v) is 4.75. The summed E-state index contributed by atoms with van der Waals surface area (Å²) in [6.07, 6.45) is 0. The molecule has 0 aliphatic carbocycles. The van der Waals surface area contributed by atoms with E-state index >= 15 is 0 Å². The van der Waals surface area contributed by atoms with Gasteiger partial charge in [0.2, 0.25) is 0 Å². The number of halogens is 1. The summed E-state index contributed by atoms with van der Waals surface area (Å²) in [4.78, 5) is 10.7. The molecule has 0 bridgehead atoms. The van der Waals surface area contributed by atoms with E-state index in [2.05, 4.69) is 4.72 Å². The Bertz CT molecular complexity index is 355. The van der Waals surface area contributed by atoms with E-state index in [1.807, 2.05) is 0 Å². The van der Waals surface area contributed by atoms with Crippen molar-refractivity contribution in [3.05, 3.63) is 29.8 Å². The fraction of sp³-hybridized carbons (Fsp3) is 0. The Morgan fingerprint density at radius 1 is 1.54 bits per heavy atom. The highest BCUT2D eigenvalue weighted by atomic mass is 35.5. The van der Waals surface area contributed by atoms with Crippen LogP contribution in [0.2, 0.25) is 0 Å². The Hall–Kier alpha value is -0.910. The molecule has 1 atom stereocenters. The van der Waals surface area contributed by atoms with Gasteiger partial charge in [0.1, 0.15) is 0 Å². The molecule has 0 fully saturated rings. The van der Waals surface area contributed by atoms with Gasteiger partial charge in [-0.1, -0.05) is 6.07 Å². The standard InChI is InChI=1S/C7H6ClNO3S/c8-7(10)5-2-1-3-6(4-5)9-13(11)12/h1-4,9H,(H,11,12). The van der Waals surface area contributed by atoms with Crippen molar-refractivity contribution < 1.29 is 13.6 Å². The minimum Gasteiger partial charge on any atom is -0.289 e. The second kappa shape index (κ2) is 4.36. The van der Waals surface area contributed by atoms with E-state index in [0.717, 1.165) is 0 Å². The minimum absolute atomic E-state index is 0.275. The maximum Gasteiger partial charge on any atom is 0.259 e. The molecular weight excluding hydrogens is 214 g/mol. The van der Waals surface area contributed by atoms with Crippen molar-refractivity contribution in [1.29, 1.82) is 0 Å². The first-order valence-electron chi connectivity index (χ1n) is 3.27. The molecule has 13 heavy (non-hydrogen) atoms. The van der Waals surface area contributed by atoms with Crippen LogP contribution in [0.1, 0.15) is 10.4 Å². The number of benzene rings is 1. The van der Waals surface area contributed by atoms with E-state index in [9.17, 15) is 9.00 Å². The van der Waals surface area contributed by atoms with Crippen LogP contribution in [0.4, 0.5) is 5.69 Å². The quantitative estimate of drug-likeness (QED) is 0.600. The van der Waals surface area contributed by atoms with Gasteiger partial charge in [-0.25, -0.2) is 4.21 Å². The van der Waals surface area contributed by atoms with Gasteiger partial charge in [0.05, 0.1) is 0 Å². The molecule has 0 radical (unpaired) electrons. The molecule has 0 aromatic heterocycles. The molecule has 6 heteroatoms. The number of carbonyl (C=O) groups excluding carboxylic acids is 1. The summed E-state index contributed by atoms with van der Waals surface area (Å²) < 4.78 is 21.0. The first-order chi connectivity index (χ1) is 6.09. The van der Waals surface area contributed by atoms with Gasteiger partial charge in [0.25, 0.3) is 16.5 Å². The van der Waals surface area contributed by atoms with Crippen LogP contribution in [0, 0.1) is 0 Å². The minimum atomic E-state index is -2.14. The zero-order chi connectivity index (χ0) is 9.84. The summed E-state index contributed by atoms with van der Waals surface area (Å²) in [7, 11) is 0. The van der Waals surface area contributed by atoms with Crippen LogP contribution in [-0.2, 0) is 11.3 Å². The van der Waals surface area contributed by atoms with Crippen molar-refractivity contribution in [2.45, 2.75) is 0 Å². The number of hydrogen-bond donors (Lipinski definition) is 2. The number of hydrogen-bond acceptors (Lipinski definition) is 2. The number of anilines is 1. The Morgan fingerprint density at radius 3 is 2.77 bits per heavy atom. The third-order valence-electron chi connectivity index (χ3n) is 1.29. The molecule has 0 aliphatic heterocycles. The third-order valence-corrected chi connectivity index (χ3v) is 1.92. The number of nitrogens with one attached hydrogen (secondary N) is 1. The van der Waals surface area contributed by atoms with Crippen LogP contribution in [0.5, 0.6) is 0 Å². The molecule has 0 aliphatic rings. The number of carbonyl (C=O) groups is 1. The molecule has 1 rings (SSSR count). The van der Waals surface area contributed by atoms with Crippen LogP contribution >= 0.6 is 11.6 Å². The molecule has 1 aromatic carbocycles. The normalized spacial score (nSPS) is 12.2. The second-order valence-electron chi connectivity index (χ2n) is 2.21. The maximum atomic E-state index is 10.7. The predicted octanol–water partition coefficient (Wildman–Crippen LogP) is 1.61. The topological polar surface area (TPSA) is 66.4 Å². The van der Waals surface area contributed by atoms with Gasteiger partial charge in [-0.05, 0) is 29.8 Å². The van der Waals surface area contributed by atoms with Gasteiger partial charge in [-0.3, -0.25) is 14.1 Å². The van der Waals surface area contributed by atoms with Crippen molar-refractivity contribution in [2.24, 2.45) is 0 Å². The van der Waals surface area contributed by atoms with E-state index in [1.165, 1.54) is 12.1 Å². The van der Waals surface area contributed by atoms with Crippen LogP contribution in [-0.4, -0.2) is 14.0 Å². The van der Waals surface area contributed by atoms with E-state index in [0.29, 0.717) is 5.69 Å². The molecule has 0 saturated heterocycles. The highest BCUT2D eigenvalue weighted by Gasteiger charge is 2.02. The second-order valence-corrected chi connectivity index (χ2v) is 3.25. The molecule has 1 aromatic rings. The van der Waals surface area contributed by atoms with Gasteiger partial charge in [0, 0.05) is 11.3 Å². The lowest BCUT2D eigenvalue weighted by atomic mass is 10.2. The zero-order valence-electron chi connectivity index (χ0n) is 6.36. The fourth-order valence-electron chi connectivity index (χ4n) is 0.806. The highest BCUT2D eigenvalue weighted by molar-refractivity contribution is 7.80. The molecule has 0 saturated carbocycles. The maximum absolute atomic E-state index is 10.7. The fourth-order valence-corrected chi connectivity index (χ4v) is 1.25. The lowest BCUT2D eigenvalue weighted by Gasteiger charge is -2.01. The molecular formula is C7H6ClNO3S. The van der Waals surface area contributed by atoms with E-state index in [-0.39, 0.29) is 5.56 Å². The van der Waals surface area contributed by atoms with Crippen LogP contribution in [0.25, 0.3) is 0 Å². The zero-order valence-corrected chi connectivity index (χ0v) is 7.93. The van der Waals surface area contributed by atoms with Crippen LogP contribution in [0.3, 0.4) is 0 Å². The SMILES string of the molecule is O=C(Cl)c1cccc(NS(=O)O)c1. The summed E-state index contributed by atoms with van der Waals surface area (Å²) in [6.45, 7) is 0.